The van der Waals surface area contributed by atoms with Crippen LogP contribution in [0.4, 0.5) is 5.69 Å². The molecule has 1 N–H and O–H groups in total. The number of nitrogens with one attached hydrogen (secondary N) is 1. The summed E-state index contributed by atoms with van der Waals surface area (Å²) in [6.07, 6.45) is 2.47. The predicted molar refractivity (Wildman–Crippen MR) is 92.3 cm³/mol. The van der Waals surface area contributed by atoms with Gasteiger partial charge in [-0.2, -0.15) is 0 Å². The molecule has 2 aromatic rings. The maximum absolute atomic E-state index is 12.5. The van der Waals surface area contributed by atoms with E-state index in [9.17, 15) is 9.59 Å². The van der Waals surface area contributed by atoms with E-state index in [-0.39, 0.29) is 11.5 Å². The van der Waals surface area contributed by atoms with Crippen LogP contribution in [-0.4, -0.2) is 10.5 Å². The lowest BCUT2D eigenvalue weighted by Crippen LogP contribution is -2.31. The standard InChI is InChI=1S/C17H19BrN2O2/c1-4-13-7-5-6-11(2)16(13)19-17(22)12(3)20-10-14(18)8-9-15(20)21/h5-10,12H,4H2,1-3H3,(H,19,22). The number of para-hydroxylation sites is 1. The fourth-order valence-electron chi connectivity index (χ4n) is 2.34. The van der Waals surface area contributed by atoms with E-state index in [4.69, 9.17) is 0 Å². The van der Waals surface area contributed by atoms with Crippen molar-refractivity contribution in [3.05, 3.63) is 62.5 Å². The van der Waals surface area contributed by atoms with Crippen LogP contribution in [0.1, 0.15) is 31.0 Å². The second kappa shape index (κ2) is 6.92. The summed E-state index contributed by atoms with van der Waals surface area (Å²) in [6, 6.07) is 8.46. The van der Waals surface area contributed by atoms with Crippen LogP contribution in [0, 0.1) is 6.92 Å². The smallest absolute Gasteiger partial charge is 0.251 e. The topological polar surface area (TPSA) is 51.1 Å². The van der Waals surface area contributed by atoms with Gasteiger partial charge in [-0.15, -0.1) is 0 Å². The number of aryl methyl sites for hydroxylation is 2. The summed E-state index contributed by atoms with van der Waals surface area (Å²) in [5.74, 6) is -0.204. The highest BCUT2D eigenvalue weighted by Crippen LogP contribution is 2.22. The highest BCUT2D eigenvalue weighted by molar-refractivity contribution is 9.10. The van der Waals surface area contributed by atoms with Gasteiger partial charge in [0.2, 0.25) is 5.91 Å². The van der Waals surface area contributed by atoms with Gasteiger partial charge in [-0.05, 0) is 53.4 Å². The van der Waals surface area contributed by atoms with Crippen molar-refractivity contribution in [2.45, 2.75) is 33.2 Å². The Kier molecular flexibility index (Phi) is 5.19. The molecule has 0 aliphatic carbocycles. The first-order valence-electron chi connectivity index (χ1n) is 7.21. The molecule has 0 saturated heterocycles. The van der Waals surface area contributed by atoms with Crippen molar-refractivity contribution < 1.29 is 4.79 Å². The number of carbonyl (C=O) groups is 1. The van der Waals surface area contributed by atoms with Crippen molar-refractivity contribution in [3.63, 3.8) is 0 Å². The molecule has 4 nitrogen and oxygen atoms in total. The zero-order valence-electron chi connectivity index (χ0n) is 12.9. The number of benzene rings is 1. The summed E-state index contributed by atoms with van der Waals surface area (Å²) >= 11 is 3.32. The number of aromatic nitrogens is 1. The second-order valence-electron chi connectivity index (χ2n) is 5.22. The van der Waals surface area contributed by atoms with Gasteiger partial charge < -0.3 is 9.88 Å². The molecule has 2 rings (SSSR count). The molecule has 0 aliphatic heterocycles. The van der Waals surface area contributed by atoms with E-state index in [2.05, 4.69) is 21.2 Å². The number of pyridine rings is 1. The Balaban J connectivity index is 2.30. The quantitative estimate of drug-likeness (QED) is 0.901. The minimum atomic E-state index is -0.589. The van der Waals surface area contributed by atoms with E-state index in [0.717, 1.165) is 27.7 Å². The molecular formula is C17H19BrN2O2. The van der Waals surface area contributed by atoms with Crippen molar-refractivity contribution in [1.29, 1.82) is 0 Å². The third-order valence-electron chi connectivity index (χ3n) is 3.69. The van der Waals surface area contributed by atoms with Crippen LogP contribution in [0.3, 0.4) is 0 Å². The third kappa shape index (κ3) is 3.47. The van der Waals surface area contributed by atoms with Crippen LogP contribution >= 0.6 is 15.9 Å². The van der Waals surface area contributed by atoms with Crippen LogP contribution in [0.15, 0.2) is 45.8 Å². The molecule has 1 amide bonds. The van der Waals surface area contributed by atoms with Crippen LogP contribution in [0.5, 0.6) is 0 Å². The molecule has 1 atom stereocenters. The average molecular weight is 363 g/mol. The minimum absolute atomic E-state index is 0.202. The first kappa shape index (κ1) is 16.5. The molecule has 0 aliphatic rings. The molecule has 1 unspecified atom stereocenters. The van der Waals surface area contributed by atoms with Crippen LogP contribution in [0.25, 0.3) is 0 Å². The van der Waals surface area contributed by atoms with E-state index in [1.165, 1.54) is 10.6 Å². The normalized spacial score (nSPS) is 12.0. The fraction of sp³-hybridized carbons (Fsp3) is 0.294. The van der Waals surface area contributed by atoms with E-state index in [1.54, 1.807) is 19.2 Å². The summed E-state index contributed by atoms with van der Waals surface area (Å²) < 4.78 is 2.18. The van der Waals surface area contributed by atoms with E-state index in [1.807, 2.05) is 32.0 Å². The zero-order chi connectivity index (χ0) is 16.3. The number of amides is 1. The first-order chi connectivity index (χ1) is 10.4. The Bertz CT molecular complexity index is 753. The van der Waals surface area contributed by atoms with Gasteiger partial charge in [-0.1, -0.05) is 25.1 Å². The van der Waals surface area contributed by atoms with Gasteiger partial charge in [0.25, 0.3) is 5.56 Å². The van der Waals surface area contributed by atoms with Crippen molar-refractivity contribution in [1.82, 2.24) is 4.57 Å². The minimum Gasteiger partial charge on any atom is -0.324 e. The van der Waals surface area contributed by atoms with Gasteiger partial charge in [0, 0.05) is 22.4 Å². The number of rotatable bonds is 4. The van der Waals surface area contributed by atoms with Gasteiger partial charge >= 0.3 is 0 Å². The molecular weight excluding hydrogens is 344 g/mol. The highest BCUT2D eigenvalue weighted by Gasteiger charge is 2.18. The molecule has 116 valence electrons. The molecule has 1 heterocycles. The maximum atomic E-state index is 12.5. The second-order valence-corrected chi connectivity index (χ2v) is 6.14. The zero-order valence-corrected chi connectivity index (χ0v) is 14.5. The highest BCUT2D eigenvalue weighted by atomic mass is 79.9. The number of carbonyl (C=O) groups excluding carboxylic acids is 1. The molecule has 22 heavy (non-hydrogen) atoms. The van der Waals surface area contributed by atoms with Crippen molar-refractivity contribution >= 4 is 27.5 Å². The summed E-state index contributed by atoms with van der Waals surface area (Å²) in [7, 11) is 0. The van der Waals surface area contributed by atoms with Gasteiger partial charge in [0.05, 0.1) is 0 Å². The summed E-state index contributed by atoms with van der Waals surface area (Å²) in [4.78, 5) is 24.4. The fourth-order valence-corrected chi connectivity index (χ4v) is 2.69. The summed E-state index contributed by atoms with van der Waals surface area (Å²) in [6.45, 7) is 5.73. The van der Waals surface area contributed by atoms with E-state index >= 15 is 0 Å². The molecule has 0 fully saturated rings. The van der Waals surface area contributed by atoms with Gasteiger partial charge in [0.15, 0.2) is 0 Å². The van der Waals surface area contributed by atoms with Crippen molar-refractivity contribution in [2.75, 3.05) is 5.32 Å². The van der Waals surface area contributed by atoms with Crippen LogP contribution in [0.2, 0.25) is 0 Å². The average Bonchev–Trinajstić information content (AvgIpc) is 2.50. The molecule has 0 saturated carbocycles. The lowest BCUT2D eigenvalue weighted by molar-refractivity contribution is -0.118. The third-order valence-corrected chi connectivity index (χ3v) is 4.16. The lowest BCUT2D eigenvalue weighted by Gasteiger charge is -2.18. The van der Waals surface area contributed by atoms with Gasteiger partial charge in [0.1, 0.15) is 6.04 Å². The first-order valence-corrected chi connectivity index (χ1v) is 8.00. The molecule has 0 radical (unpaired) electrons. The molecule has 1 aromatic carbocycles. The van der Waals surface area contributed by atoms with E-state index < -0.39 is 6.04 Å². The Morgan fingerprint density at radius 1 is 1.32 bits per heavy atom. The number of nitrogens with zero attached hydrogens (tertiary/aromatic N) is 1. The monoisotopic (exact) mass is 362 g/mol. The maximum Gasteiger partial charge on any atom is 0.251 e. The number of anilines is 1. The number of hydrogen-bond acceptors (Lipinski definition) is 2. The Hall–Kier alpha value is -1.88. The number of halogens is 1. The van der Waals surface area contributed by atoms with Crippen molar-refractivity contribution in [3.8, 4) is 0 Å². The van der Waals surface area contributed by atoms with Crippen LogP contribution < -0.4 is 10.9 Å². The Morgan fingerprint density at radius 2 is 2.05 bits per heavy atom. The van der Waals surface area contributed by atoms with Gasteiger partial charge in [-0.3, -0.25) is 9.59 Å². The largest absolute Gasteiger partial charge is 0.324 e. The molecule has 0 bridgehead atoms. The van der Waals surface area contributed by atoms with E-state index in [0.29, 0.717) is 0 Å². The molecule has 5 heteroatoms. The predicted octanol–water partition coefficient (Wildman–Crippen LogP) is 3.68. The van der Waals surface area contributed by atoms with Gasteiger partial charge in [-0.25, -0.2) is 0 Å². The molecule has 1 aromatic heterocycles. The summed E-state index contributed by atoms with van der Waals surface area (Å²) in [5, 5.41) is 2.96. The Labute approximate surface area is 138 Å². The molecule has 0 spiro atoms. The SMILES string of the molecule is CCc1cccc(C)c1NC(=O)C(C)n1cc(Br)ccc1=O. The Morgan fingerprint density at radius 3 is 2.73 bits per heavy atom. The van der Waals surface area contributed by atoms with Crippen molar-refractivity contribution in [2.24, 2.45) is 0 Å². The number of hydrogen-bond donors (Lipinski definition) is 1. The van der Waals surface area contributed by atoms with Crippen LogP contribution in [-0.2, 0) is 11.2 Å². The lowest BCUT2D eigenvalue weighted by atomic mass is 10.1. The summed E-state index contributed by atoms with van der Waals surface area (Å²) in [5.41, 5.74) is 2.74.